The third-order valence-corrected chi connectivity index (χ3v) is 2.92. The second-order valence-electron chi connectivity index (χ2n) is 4.23. The van der Waals surface area contributed by atoms with Crippen LogP contribution in [0.3, 0.4) is 0 Å². The third kappa shape index (κ3) is 2.67. The fourth-order valence-corrected chi connectivity index (χ4v) is 1.96. The average Bonchev–Trinajstić information content (AvgIpc) is 3.13. The zero-order valence-electron chi connectivity index (χ0n) is 10.3. The first kappa shape index (κ1) is 12.0. The number of aromatic nitrogens is 1. The van der Waals surface area contributed by atoms with Crippen LogP contribution in [0.25, 0.3) is 0 Å². The van der Waals surface area contributed by atoms with E-state index in [0.717, 1.165) is 18.7 Å². The van der Waals surface area contributed by atoms with Gasteiger partial charge in [-0.05, 0) is 29.8 Å². The molecule has 1 unspecified atom stereocenters. The number of carbonyl (C=O) groups is 1. The second-order valence-corrected chi connectivity index (χ2v) is 4.23. The Kier molecular flexibility index (Phi) is 3.31. The fraction of sp³-hybridized carbons (Fsp3) is 0.214. The van der Waals surface area contributed by atoms with Crippen molar-refractivity contribution in [2.24, 2.45) is 0 Å². The van der Waals surface area contributed by atoms with Gasteiger partial charge in [0, 0.05) is 18.9 Å². The molecule has 1 atom stereocenters. The van der Waals surface area contributed by atoms with E-state index >= 15 is 0 Å². The summed E-state index contributed by atoms with van der Waals surface area (Å²) in [6, 6.07) is 10.9. The average molecular weight is 258 g/mol. The van der Waals surface area contributed by atoms with Crippen LogP contribution in [0.5, 0.6) is 5.75 Å². The molecular formula is C14H14N2O3. The Bertz CT molecular complexity index is 543. The van der Waals surface area contributed by atoms with Crippen molar-refractivity contribution in [3.05, 3.63) is 54.4 Å². The number of rotatable bonds is 2. The number of benzene rings is 1. The molecule has 1 fully saturated rings. The molecule has 0 amide bonds. The molecule has 19 heavy (non-hydrogen) atoms. The summed E-state index contributed by atoms with van der Waals surface area (Å²) in [5.74, 6) is 0.514. The summed E-state index contributed by atoms with van der Waals surface area (Å²) in [5, 5.41) is 3.22. The molecule has 1 aromatic carbocycles. The van der Waals surface area contributed by atoms with E-state index in [1.165, 1.54) is 4.57 Å². The second kappa shape index (κ2) is 5.26. The van der Waals surface area contributed by atoms with Gasteiger partial charge in [0.1, 0.15) is 12.0 Å². The van der Waals surface area contributed by atoms with E-state index < -0.39 is 6.09 Å². The lowest BCUT2D eigenvalue weighted by Crippen LogP contribution is -2.15. The maximum absolute atomic E-state index is 11.7. The molecule has 0 bridgehead atoms. The van der Waals surface area contributed by atoms with Gasteiger partial charge in [-0.3, -0.25) is 9.88 Å². The van der Waals surface area contributed by atoms with Crippen LogP contribution in [0.4, 0.5) is 4.79 Å². The molecule has 1 aromatic heterocycles. The van der Waals surface area contributed by atoms with Gasteiger partial charge in [0.15, 0.2) is 0 Å². The molecule has 0 spiro atoms. The quantitative estimate of drug-likeness (QED) is 0.896. The van der Waals surface area contributed by atoms with Crippen LogP contribution in [0.2, 0.25) is 0 Å². The topological polar surface area (TPSA) is 52.5 Å². The van der Waals surface area contributed by atoms with E-state index in [1.54, 1.807) is 36.7 Å². The van der Waals surface area contributed by atoms with E-state index in [4.69, 9.17) is 9.47 Å². The molecular weight excluding hydrogens is 244 g/mol. The van der Waals surface area contributed by atoms with Crippen molar-refractivity contribution in [1.82, 2.24) is 9.88 Å². The SMILES string of the molecule is O=C(Oc1ccc(C2NCCO2)cc1)n1cccc1. The molecule has 5 heteroatoms. The summed E-state index contributed by atoms with van der Waals surface area (Å²) in [7, 11) is 0. The number of carbonyl (C=O) groups excluding carboxylic acids is 1. The number of nitrogens with one attached hydrogen (secondary N) is 1. The monoisotopic (exact) mass is 258 g/mol. The van der Waals surface area contributed by atoms with Gasteiger partial charge < -0.3 is 9.47 Å². The Morgan fingerprint density at radius 2 is 2.00 bits per heavy atom. The first-order chi connectivity index (χ1) is 9.33. The largest absolute Gasteiger partial charge is 0.423 e. The molecule has 1 N–H and O–H groups in total. The minimum atomic E-state index is -0.423. The zero-order valence-corrected chi connectivity index (χ0v) is 10.3. The van der Waals surface area contributed by atoms with Crippen molar-refractivity contribution in [2.75, 3.05) is 13.2 Å². The number of nitrogens with zero attached hydrogens (tertiary/aromatic N) is 1. The van der Waals surface area contributed by atoms with Gasteiger partial charge in [0.25, 0.3) is 0 Å². The summed E-state index contributed by atoms with van der Waals surface area (Å²) >= 11 is 0. The highest BCUT2D eigenvalue weighted by molar-refractivity contribution is 5.73. The zero-order chi connectivity index (χ0) is 13.1. The van der Waals surface area contributed by atoms with Gasteiger partial charge in [-0.1, -0.05) is 12.1 Å². The van der Waals surface area contributed by atoms with Crippen LogP contribution in [0.15, 0.2) is 48.8 Å². The lowest BCUT2D eigenvalue weighted by Gasteiger charge is -2.11. The van der Waals surface area contributed by atoms with Crippen LogP contribution >= 0.6 is 0 Å². The molecule has 0 saturated carbocycles. The lowest BCUT2D eigenvalue weighted by molar-refractivity contribution is 0.102. The van der Waals surface area contributed by atoms with Crippen molar-refractivity contribution in [2.45, 2.75) is 6.23 Å². The van der Waals surface area contributed by atoms with Gasteiger partial charge in [0.2, 0.25) is 0 Å². The van der Waals surface area contributed by atoms with Crippen LogP contribution in [0.1, 0.15) is 11.8 Å². The van der Waals surface area contributed by atoms with E-state index in [9.17, 15) is 4.79 Å². The molecule has 1 aliphatic rings. The Hall–Kier alpha value is -2.11. The Labute approximate surface area is 110 Å². The van der Waals surface area contributed by atoms with Crippen molar-refractivity contribution < 1.29 is 14.3 Å². The Balaban J connectivity index is 1.67. The lowest BCUT2D eigenvalue weighted by atomic mass is 10.2. The van der Waals surface area contributed by atoms with E-state index in [0.29, 0.717) is 5.75 Å². The summed E-state index contributed by atoms with van der Waals surface area (Å²) in [6.07, 6.45) is 2.81. The molecule has 5 nitrogen and oxygen atoms in total. The minimum absolute atomic E-state index is 0.0609. The standard InChI is InChI=1S/C14H14N2O3/c17-14(16-8-1-2-9-16)19-12-5-3-11(4-6-12)13-15-7-10-18-13/h1-6,8-9,13,15H,7,10H2. The van der Waals surface area contributed by atoms with Gasteiger partial charge in [-0.2, -0.15) is 0 Å². The normalized spacial score (nSPS) is 18.4. The first-order valence-electron chi connectivity index (χ1n) is 6.13. The van der Waals surface area contributed by atoms with Gasteiger partial charge >= 0.3 is 6.09 Å². The van der Waals surface area contributed by atoms with Crippen molar-refractivity contribution >= 4 is 6.09 Å². The predicted octanol–water partition coefficient (Wildman–Crippen LogP) is 2.15. The van der Waals surface area contributed by atoms with Crippen LogP contribution < -0.4 is 10.1 Å². The Morgan fingerprint density at radius 3 is 2.63 bits per heavy atom. The van der Waals surface area contributed by atoms with Crippen LogP contribution in [0, 0.1) is 0 Å². The number of hydrogen-bond acceptors (Lipinski definition) is 4. The van der Waals surface area contributed by atoms with Crippen LogP contribution in [-0.2, 0) is 4.74 Å². The van der Waals surface area contributed by atoms with E-state index in [1.807, 2.05) is 12.1 Å². The highest BCUT2D eigenvalue weighted by Crippen LogP contribution is 2.21. The minimum Gasteiger partial charge on any atom is -0.410 e. The predicted molar refractivity (Wildman–Crippen MR) is 69.0 cm³/mol. The maximum Gasteiger partial charge on any atom is 0.423 e. The molecule has 0 radical (unpaired) electrons. The summed E-state index contributed by atoms with van der Waals surface area (Å²) in [4.78, 5) is 11.7. The van der Waals surface area contributed by atoms with Crippen LogP contribution in [-0.4, -0.2) is 23.8 Å². The van der Waals surface area contributed by atoms with Gasteiger partial charge in [-0.15, -0.1) is 0 Å². The highest BCUT2D eigenvalue weighted by Gasteiger charge is 2.16. The molecule has 1 saturated heterocycles. The Morgan fingerprint density at radius 1 is 1.26 bits per heavy atom. The first-order valence-corrected chi connectivity index (χ1v) is 6.13. The molecule has 1 aliphatic heterocycles. The highest BCUT2D eigenvalue weighted by atomic mass is 16.6. The van der Waals surface area contributed by atoms with E-state index in [-0.39, 0.29) is 6.23 Å². The molecule has 0 aliphatic carbocycles. The van der Waals surface area contributed by atoms with Crippen molar-refractivity contribution in [3.8, 4) is 5.75 Å². The smallest absolute Gasteiger partial charge is 0.410 e. The number of hydrogen-bond donors (Lipinski definition) is 1. The van der Waals surface area contributed by atoms with Crippen molar-refractivity contribution in [3.63, 3.8) is 0 Å². The summed E-state index contributed by atoms with van der Waals surface area (Å²) in [6.45, 7) is 1.57. The number of ether oxygens (including phenoxy) is 2. The fourth-order valence-electron chi connectivity index (χ4n) is 1.96. The van der Waals surface area contributed by atoms with Gasteiger partial charge in [0.05, 0.1) is 6.61 Å². The molecule has 2 aromatic rings. The molecule has 3 rings (SSSR count). The third-order valence-electron chi connectivity index (χ3n) is 2.92. The maximum atomic E-state index is 11.7. The van der Waals surface area contributed by atoms with E-state index in [2.05, 4.69) is 5.32 Å². The summed E-state index contributed by atoms with van der Waals surface area (Å²) < 4.78 is 12.1. The summed E-state index contributed by atoms with van der Waals surface area (Å²) in [5.41, 5.74) is 1.03. The molecule has 98 valence electrons. The van der Waals surface area contributed by atoms with Crippen molar-refractivity contribution in [1.29, 1.82) is 0 Å². The van der Waals surface area contributed by atoms with Gasteiger partial charge in [-0.25, -0.2) is 4.79 Å². The molecule has 2 heterocycles.